The lowest BCUT2D eigenvalue weighted by atomic mass is 10.3. The number of halogens is 4. The highest BCUT2D eigenvalue weighted by Crippen LogP contribution is 2.33. The van der Waals surface area contributed by atoms with Crippen LogP contribution in [0.25, 0.3) is 11.0 Å². The Morgan fingerprint density at radius 1 is 1.10 bits per heavy atom. The average molecular weight is 471 g/mol. The van der Waals surface area contributed by atoms with Crippen molar-refractivity contribution in [2.75, 3.05) is 11.9 Å². The molecule has 0 saturated carbocycles. The van der Waals surface area contributed by atoms with Crippen LogP contribution in [-0.4, -0.2) is 21.1 Å². The minimum absolute atomic E-state index is 0. The highest BCUT2D eigenvalue weighted by molar-refractivity contribution is 6.32. The molecule has 3 N–H and O–H groups in total. The lowest BCUT2D eigenvalue weighted by molar-refractivity contribution is 0.477. The summed E-state index contributed by atoms with van der Waals surface area (Å²) in [5, 5.41) is 3.65. The second-order valence-corrected chi connectivity index (χ2v) is 6.49. The van der Waals surface area contributed by atoms with E-state index in [0.717, 1.165) is 16.7 Å². The summed E-state index contributed by atoms with van der Waals surface area (Å²) in [6.07, 6.45) is 3.43. The van der Waals surface area contributed by atoms with E-state index >= 15 is 0 Å². The number of aromatic nitrogens is 3. The van der Waals surface area contributed by atoms with Crippen molar-refractivity contribution < 1.29 is 9.13 Å². The zero-order chi connectivity index (χ0) is 19.5. The number of nitrogens with two attached hydrogens (primary N) is 1. The van der Waals surface area contributed by atoms with Gasteiger partial charge in [0.25, 0.3) is 0 Å². The number of rotatable bonds is 6. The van der Waals surface area contributed by atoms with Crippen molar-refractivity contribution in [3.63, 3.8) is 0 Å². The van der Waals surface area contributed by atoms with Gasteiger partial charge in [0.2, 0.25) is 0 Å². The standard InChI is InChI=1S/C20H17ClFN5O.2ClH/c21-16-11-14(4-5-18(16)28-15-3-1-2-13(22)10-15)26-20-19-17(24-12-25-20)6-8-27(19)9-7-23;;/h1-6,8,10-12H,7,9,23H2,(H,24,25,26);2*1H. The van der Waals surface area contributed by atoms with Crippen molar-refractivity contribution in [2.24, 2.45) is 5.73 Å². The molecule has 0 saturated heterocycles. The Kier molecular flexibility index (Phi) is 8.25. The molecule has 0 bridgehead atoms. The molecule has 0 spiro atoms. The summed E-state index contributed by atoms with van der Waals surface area (Å²) in [4.78, 5) is 8.63. The molecule has 30 heavy (non-hydrogen) atoms. The van der Waals surface area contributed by atoms with Crippen molar-refractivity contribution in [3.05, 3.63) is 71.9 Å². The van der Waals surface area contributed by atoms with Crippen LogP contribution in [0.3, 0.4) is 0 Å². The Balaban J connectivity index is 0.00000160. The summed E-state index contributed by atoms with van der Waals surface area (Å²) in [7, 11) is 0. The van der Waals surface area contributed by atoms with E-state index in [9.17, 15) is 4.39 Å². The zero-order valence-electron chi connectivity index (χ0n) is 15.6. The molecule has 10 heteroatoms. The molecule has 0 aliphatic heterocycles. The Hall–Kier alpha value is -2.58. The average Bonchev–Trinajstić information content (AvgIpc) is 3.09. The smallest absolute Gasteiger partial charge is 0.158 e. The maximum Gasteiger partial charge on any atom is 0.158 e. The monoisotopic (exact) mass is 469 g/mol. The van der Waals surface area contributed by atoms with Gasteiger partial charge in [-0.1, -0.05) is 17.7 Å². The Morgan fingerprint density at radius 3 is 2.67 bits per heavy atom. The number of anilines is 2. The van der Waals surface area contributed by atoms with Crippen LogP contribution in [0.2, 0.25) is 5.02 Å². The van der Waals surface area contributed by atoms with Gasteiger partial charge >= 0.3 is 0 Å². The number of ether oxygens (including phenoxy) is 1. The van der Waals surface area contributed by atoms with Crippen molar-refractivity contribution in [1.82, 2.24) is 14.5 Å². The quantitative estimate of drug-likeness (QED) is 0.386. The van der Waals surface area contributed by atoms with Crippen LogP contribution < -0.4 is 15.8 Å². The van der Waals surface area contributed by atoms with Crippen LogP contribution in [0.1, 0.15) is 0 Å². The first-order valence-corrected chi connectivity index (χ1v) is 9.02. The van der Waals surface area contributed by atoms with E-state index in [0.29, 0.717) is 35.4 Å². The normalized spacial score (nSPS) is 10.2. The molecule has 0 aliphatic carbocycles. The second-order valence-electron chi connectivity index (χ2n) is 6.08. The van der Waals surface area contributed by atoms with Gasteiger partial charge in [-0.05, 0) is 36.4 Å². The predicted octanol–water partition coefficient (Wildman–Crippen LogP) is 5.56. The first-order chi connectivity index (χ1) is 13.6. The predicted molar refractivity (Wildman–Crippen MR) is 122 cm³/mol. The zero-order valence-corrected chi connectivity index (χ0v) is 18.0. The molecule has 4 rings (SSSR count). The highest BCUT2D eigenvalue weighted by Gasteiger charge is 2.11. The van der Waals surface area contributed by atoms with Gasteiger partial charge in [0.05, 0.1) is 10.5 Å². The molecule has 0 fully saturated rings. The number of nitrogens with zero attached hydrogens (tertiary/aromatic N) is 3. The maximum atomic E-state index is 13.3. The topological polar surface area (TPSA) is 78.0 Å². The van der Waals surface area contributed by atoms with E-state index in [4.69, 9.17) is 22.1 Å². The Morgan fingerprint density at radius 2 is 1.93 bits per heavy atom. The van der Waals surface area contributed by atoms with Crippen molar-refractivity contribution in [2.45, 2.75) is 6.54 Å². The Bertz CT molecular complexity index is 1140. The third-order valence-electron chi connectivity index (χ3n) is 4.14. The maximum absolute atomic E-state index is 13.3. The fraction of sp³-hybridized carbons (Fsp3) is 0.100. The van der Waals surface area contributed by atoms with Gasteiger partial charge in [0.1, 0.15) is 29.2 Å². The molecular formula is C20H19Cl3FN5O. The molecule has 2 heterocycles. The van der Waals surface area contributed by atoms with Crippen molar-refractivity contribution >= 4 is 59.0 Å². The Labute approximate surface area is 190 Å². The summed E-state index contributed by atoms with van der Waals surface area (Å²) in [6.45, 7) is 1.17. The third-order valence-corrected chi connectivity index (χ3v) is 4.43. The van der Waals surface area contributed by atoms with Gasteiger partial charge < -0.3 is 20.4 Å². The van der Waals surface area contributed by atoms with Crippen LogP contribution in [0.15, 0.2) is 61.1 Å². The van der Waals surface area contributed by atoms with E-state index in [1.807, 2.05) is 22.9 Å². The number of hydrogen-bond acceptors (Lipinski definition) is 5. The SMILES string of the molecule is Cl.Cl.NCCn1ccc2ncnc(Nc3ccc(Oc4cccc(F)c4)c(Cl)c3)c21. The first kappa shape index (κ1) is 23.7. The summed E-state index contributed by atoms with van der Waals surface area (Å²) in [5.41, 5.74) is 8.11. The largest absolute Gasteiger partial charge is 0.456 e. The van der Waals surface area contributed by atoms with Crippen molar-refractivity contribution in [3.8, 4) is 11.5 Å². The first-order valence-electron chi connectivity index (χ1n) is 8.64. The molecule has 0 amide bonds. The van der Waals surface area contributed by atoms with E-state index in [2.05, 4.69) is 15.3 Å². The molecule has 158 valence electrons. The number of fused-ring (bicyclic) bond motifs is 1. The van der Waals surface area contributed by atoms with Gasteiger partial charge in [-0.2, -0.15) is 0 Å². The lowest BCUT2D eigenvalue weighted by Crippen LogP contribution is -2.10. The van der Waals surface area contributed by atoms with Gasteiger partial charge in [-0.15, -0.1) is 24.8 Å². The van der Waals surface area contributed by atoms with Crippen LogP contribution in [0.4, 0.5) is 15.9 Å². The van der Waals surface area contributed by atoms with Gasteiger partial charge in [0, 0.05) is 31.0 Å². The third kappa shape index (κ3) is 5.12. The van der Waals surface area contributed by atoms with Crippen LogP contribution in [0, 0.1) is 5.82 Å². The number of hydrogen-bond donors (Lipinski definition) is 2. The van der Waals surface area contributed by atoms with Gasteiger partial charge in [-0.25, -0.2) is 14.4 Å². The van der Waals surface area contributed by atoms with E-state index in [-0.39, 0.29) is 30.6 Å². The summed E-state index contributed by atoms with van der Waals surface area (Å²) in [5.74, 6) is 1.08. The molecule has 0 atom stereocenters. The fourth-order valence-corrected chi connectivity index (χ4v) is 3.12. The summed E-state index contributed by atoms with van der Waals surface area (Å²) < 4.78 is 21.0. The number of benzene rings is 2. The van der Waals surface area contributed by atoms with Crippen LogP contribution >= 0.6 is 36.4 Å². The minimum Gasteiger partial charge on any atom is -0.456 e. The molecule has 6 nitrogen and oxygen atoms in total. The second kappa shape index (κ2) is 10.4. The molecule has 2 aromatic heterocycles. The molecule has 0 unspecified atom stereocenters. The molecule has 0 aliphatic rings. The fourth-order valence-electron chi connectivity index (χ4n) is 2.91. The molecule has 2 aromatic carbocycles. The van der Waals surface area contributed by atoms with Gasteiger partial charge in [-0.3, -0.25) is 0 Å². The number of nitrogens with one attached hydrogen (secondary N) is 1. The van der Waals surface area contributed by atoms with Crippen LogP contribution in [-0.2, 0) is 6.54 Å². The van der Waals surface area contributed by atoms with Gasteiger partial charge in [0.15, 0.2) is 5.82 Å². The minimum atomic E-state index is -0.375. The van der Waals surface area contributed by atoms with Crippen LogP contribution in [0.5, 0.6) is 11.5 Å². The molecular weight excluding hydrogens is 452 g/mol. The van der Waals surface area contributed by atoms with Crippen molar-refractivity contribution in [1.29, 1.82) is 0 Å². The summed E-state index contributed by atoms with van der Waals surface area (Å²) >= 11 is 6.35. The summed E-state index contributed by atoms with van der Waals surface area (Å²) in [6, 6.07) is 13.1. The lowest BCUT2D eigenvalue weighted by Gasteiger charge is -2.12. The van der Waals surface area contributed by atoms with E-state index < -0.39 is 0 Å². The highest BCUT2D eigenvalue weighted by atomic mass is 35.5. The van der Waals surface area contributed by atoms with E-state index in [1.54, 1.807) is 24.3 Å². The van der Waals surface area contributed by atoms with E-state index in [1.165, 1.54) is 18.5 Å². The molecule has 4 aromatic rings. The molecule has 0 radical (unpaired) electrons.